The van der Waals surface area contributed by atoms with Gasteiger partial charge in [0.1, 0.15) is 83.5 Å². The molecule has 17 nitrogen and oxygen atoms in total. The average Bonchev–Trinajstić information content (AvgIpc) is 3.64. The number of benzene rings is 2. The van der Waals surface area contributed by atoms with Gasteiger partial charge in [0.15, 0.2) is 12.1 Å². The lowest BCUT2D eigenvalue weighted by molar-refractivity contribution is -0.220. The van der Waals surface area contributed by atoms with Crippen LogP contribution in [0.15, 0.2) is 45.6 Å². The highest BCUT2D eigenvalue weighted by atomic mass is 16.7. The fraction of sp³-hybridized carbons (Fsp3) is 0.545. The molecule has 0 unspecified atom stereocenters. The van der Waals surface area contributed by atoms with Crippen LogP contribution < -0.4 is 10.2 Å². The molecule has 3 aromatic rings. The summed E-state index contributed by atoms with van der Waals surface area (Å²) in [6, 6.07) is 7.81. The van der Waals surface area contributed by atoms with Gasteiger partial charge in [-0.1, -0.05) is 0 Å². The Kier molecular flexibility index (Phi) is 10.1. The molecule has 0 bridgehead atoms. The van der Waals surface area contributed by atoms with Gasteiger partial charge in [-0.3, -0.25) is 4.79 Å². The van der Waals surface area contributed by atoms with Crippen LogP contribution in [0.3, 0.4) is 0 Å². The van der Waals surface area contributed by atoms with Crippen LogP contribution in [-0.2, 0) is 18.9 Å². The Morgan fingerprint density at radius 1 is 0.700 bits per heavy atom. The molecule has 0 aliphatic carbocycles. The Hall–Kier alpha value is -3.43. The van der Waals surface area contributed by atoms with Crippen LogP contribution in [0, 0.1) is 0 Å². The van der Waals surface area contributed by atoms with E-state index in [0.29, 0.717) is 0 Å². The molecule has 4 heterocycles. The van der Waals surface area contributed by atoms with Gasteiger partial charge in [-0.15, -0.1) is 0 Å². The lowest BCUT2D eigenvalue weighted by atomic mass is 9.98. The number of phenols is 2. The smallest absolute Gasteiger partial charge is 0.239 e. The summed E-state index contributed by atoms with van der Waals surface area (Å²) in [4.78, 5) is 13.9. The van der Waals surface area contributed by atoms with Gasteiger partial charge in [0.25, 0.3) is 0 Å². The second kappa shape index (κ2) is 13.9. The predicted molar refractivity (Wildman–Crippen MR) is 167 cm³/mol. The van der Waals surface area contributed by atoms with Crippen LogP contribution >= 0.6 is 0 Å². The van der Waals surface area contributed by atoms with E-state index in [1.54, 1.807) is 0 Å². The van der Waals surface area contributed by atoms with Crippen molar-refractivity contribution in [3.05, 3.63) is 52.2 Å². The number of rotatable bonds is 9. The quantitative estimate of drug-likeness (QED) is 0.121. The summed E-state index contributed by atoms with van der Waals surface area (Å²) in [5, 5.41) is 104. The molecule has 17 heteroatoms. The lowest BCUT2D eigenvalue weighted by Crippen LogP contribution is -2.42. The van der Waals surface area contributed by atoms with E-state index in [2.05, 4.69) is 0 Å². The molecule has 0 spiro atoms. The molecule has 10 N–H and O–H groups in total. The molecular formula is C33H40O17. The van der Waals surface area contributed by atoms with Crippen molar-refractivity contribution in [2.24, 2.45) is 0 Å². The second-order valence-electron chi connectivity index (χ2n) is 12.9. The van der Waals surface area contributed by atoms with Crippen molar-refractivity contribution >= 4 is 11.0 Å². The van der Waals surface area contributed by atoms with Crippen molar-refractivity contribution in [2.75, 3.05) is 0 Å². The fourth-order valence-electron chi connectivity index (χ4n) is 6.50. The Morgan fingerprint density at radius 2 is 1.26 bits per heavy atom. The van der Waals surface area contributed by atoms with E-state index in [1.165, 1.54) is 51.1 Å². The number of aliphatic hydroxyl groups is 8. The van der Waals surface area contributed by atoms with Crippen molar-refractivity contribution in [1.29, 1.82) is 0 Å². The standard InChI is InChI=1S/C33H40O17/c1-10(34)26-22(41)24(43)32(48-26)45-12(3)28-20(39)21(40)29(47-28)14-8-16(37)18-17(9-14)46-30(13-4-6-15(36)7-5-13)31(19(18)38)50-33-25(44)23(42)27(49-33)11(2)35/h4-12,20-29,32-37,39-44H,1-3H3/t10-,11-,12+,20+,21-,22+,23+,24-,25-,26+,27+,28+,29-,32+,33+/m0/s1. The van der Waals surface area contributed by atoms with Crippen LogP contribution in [0.5, 0.6) is 17.2 Å². The van der Waals surface area contributed by atoms with Crippen molar-refractivity contribution in [2.45, 2.75) is 113 Å². The summed E-state index contributed by atoms with van der Waals surface area (Å²) in [6.07, 6.45) is -20.7. The third-order valence-corrected chi connectivity index (χ3v) is 9.22. The van der Waals surface area contributed by atoms with Crippen LogP contribution in [-0.4, -0.2) is 137 Å². The molecule has 3 aliphatic heterocycles. The molecule has 15 atom stereocenters. The van der Waals surface area contributed by atoms with E-state index in [0.717, 1.165) is 6.07 Å². The monoisotopic (exact) mass is 708 g/mol. The van der Waals surface area contributed by atoms with Crippen molar-refractivity contribution in [3.8, 4) is 28.6 Å². The zero-order valence-corrected chi connectivity index (χ0v) is 27.0. The summed E-state index contributed by atoms with van der Waals surface area (Å²) in [6.45, 7) is 4.17. The summed E-state index contributed by atoms with van der Waals surface area (Å²) in [7, 11) is 0. The number of hydrogen-bond donors (Lipinski definition) is 10. The molecular weight excluding hydrogens is 668 g/mol. The number of ether oxygens (including phenoxy) is 5. The fourth-order valence-corrected chi connectivity index (χ4v) is 6.50. The molecule has 274 valence electrons. The molecule has 6 rings (SSSR count). The van der Waals surface area contributed by atoms with Crippen LogP contribution in [0.1, 0.15) is 32.4 Å². The Bertz CT molecular complexity index is 1730. The van der Waals surface area contributed by atoms with Crippen molar-refractivity contribution in [3.63, 3.8) is 0 Å². The molecule has 3 saturated heterocycles. The molecule has 0 saturated carbocycles. The first-order valence-electron chi connectivity index (χ1n) is 15.9. The SMILES string of the molecule is C[C@H](O)[C@H]1O[C@H](Oc2c(-c3ccc(O)cc3)oc3cc([C@@H]4O[C@H]([C@@H](C)O[C@@H]5O[C@H]([C@H](C)O)[C@H](O)[C@@H]5O)[C@H](O)[C@@H]4O)cc(O)c3c2=O)[C@@H](O)[C@H]1O. The summed E-state index contributed by atoms with van der Waals surface area (Å²) in [5.74, 6) is -1.51. The second-order valence-corrected chi connectivity index (χ2v) is 12.9. The summed E-state index contributed by atoms with van der Waals surface area (Å²) < 4.78 is 34.4. The molecule has 3 aliphatic rings. The van der Waals surface area contributed by atoms with Gasteiger partial charge in [0.2, 0.25) is 17.5 Å². The van der Waals surface area contributed by atoms with E-state index in [1.807, 2.05) is 0 Å². The van der Waals surface area contributed by atoms with Gasteiger partial charge >= 0.3 is 0 Å². The van der Waals surface area contributed by atoms with Gasteiger partial charge in [-0.2, -0.15) is 0 Å². The minimum atomic E-state index is -1.69. The maximum absolute atomic E-state index is 13.9. The topological polar surface area (TPSA) is 279 Å². The lowest BCUT2D eigenvalue weighted by Gasteiger charge is -2.26. The van der Waals surface area contributed by atoms with E-state index >= 15 is 0 Å². The van der Waals surface area contributed by atoms with E-state index in [-0.39, 0.29) is 33.6 Å². The minimum absolute atomic E-state index is 0.0731. The molecule has 2 aromatic carbocycles. The van der Waals surface area contributed by atoms with Gasteiger partial charge in [-0.05, 0) is 62.7 Å². The van der Waals surface area contributed by atoms with Crippen LogP contribution in [0.25, 0.3) is 22.3 Å². The Morgan fingerprint density at radius 3 is 1.84 bits per heavy atom. The van der Waals surface area contributed by atoms with Crippen molar-refractivity contribution in [1.82, 2.24) is 0 Å². The van der Waals surface area contributed by atoms with Gasteiger partial charge in [0.05, 0.1) is 18.3 Å². The molecule has 0 amide bonds. The Balaban J connectivity index is 1.33. The third kappa shape index (κ3) is 6.45. The number of aromatic hydroxyl groups is 2. The zero-order chi connectivity index (χ0) is 36.3. The maximum atomic E-state index is 13.9. The van der Waals surface area contributed by atoms with Gasteiger partial charge in [0, 0.05) is 5.56 Å². The molecule has 50 heavy (non-hydrogen) atoms. The third-order valence-electron chi connectivity index (χ3n) is 9.22. The number of hydrogen-bond acceptors (Lipinski definition) is 17. The highest BCUT2D eigenvalue weighted by molar-refractivity contribution is 5.88. The highest BCUT2D eigenvalue weighted by Crippen LogP contribution is 2.42. The molecule has 1 aromatic heterocycles. The zero-order valence-electron chi connectivity index (χ0n) is 27.0. The van der Waals surface area contributed by atoms with E-state index in [4.69, 9.17) is 28.1 Å². The first-order chi connectivity index (χ1) is 23.6. The Labute approximate surface area is 283 Å². The molecule has 3 fully saturated rings. The van der Waals surface area contributed by atoms with Gasteiger partial charge in [-0.25, -0.2) is 0 Å². The number of aliphatic hydroxyl groups excluding tert-OH is 8. The first-order valence-corrected chi connectivity index (χ1v) is 15.9. The normalized spacial score (nSPS) is 36.1. The van der Waals surface area contributed by atoms with Crippen LogP contribution in [0.2, 0.25) is 0 Å². The largest absolute Gasteiger partial charge is 0.508 e. The highest BCUT2D eigenvalue weighted by Gasteiger charge is 2.51. The minimum Gasteiger partial charge on any atom is -0.508 e. The van der Waals surface area contributed by atoms with Gasteiger partial charge < -0.3 is 79.2 Å². The predicted octanol–water partition coefficient (Wildman–Crippen LogP) is -1.53. The summed E-state index contributed by atoms with van der Waals surface area (Å²) in [5.41, 5.74) is -0.859. The number of phenolic OH excluding ortho intramolecular Hbond substituents is 2. The van der Waals surface area contributed by atoms with Crippen molar-refractivity contribution < 1.29 is 79.2 Å². The number of fused-ring (bicyclic) bond motifs is 1. The average molecular weight is 709 g/mol. The molecule has 0 radical (unpaired) electrons. The van der Waals surface area contributed by atoms with Crippen LogP contribution in [0.4, 0.5) is 0 Å². The van der Waals surface area contributed by atoms with E-state index < -0.39 is 109 Å². The maximum Gasteiger partial charge on any atom is 0.239 e. The summed E-state index contributed by atoms with van der Waals surface area (Å²) >= 11 is 0. The first kappa shape index (κ1) is 36.4. The van der Waals surface area contributed by atoms with E-state index in [9.17, 15) is 55.9 Å².